The fourth-order valence-electron chi connectivity index (χ4n) is 2.00. The van der Waals surface area contributed by atoms with Gasteiger partial charge in [0.1, 0.15) is 0 Å². The van der Waals surface area contributed by atoms with Crippen LogP contribution < -0.4 is 10.5 Å². The van der Waals surface area contributed by atoms with Gasteiger partial charge in [0.25, 0.3) is 0 Å². The molecule has 1 atom stereocenters. The summed E-state index contributed by atoms with van der Waals surface area (Å²) in [6.45, 7) is 0. The molecule has 0 bridgehead atoms. The number of benzene rings is 1. The van der Waals surface area contributed by atoms with E-state index in [1.54, 1.807) is 6.07 Å². The summed E-state index contributed by atoms with van der Waals surface area (Å²) < 4.78 is 18.3. The first-order chi connectivity index (χ1) is 6.72. The van der Waals surface area contributed by atoms with E-state index in [4.69, 9.17) is 10.5 Å². The van der Waals surface area contributed by atoms with Gasteiger partial charge in [0, 0.05) is 6.04 Å². The lowest BCUT2D eigenvalue weighted by Gasteiger charge is -2.22. The van der Waals surface area contributed by atoms with Crippen LogP contribution in [0.15, 0.2) is 12.1 Å². The van der Waals surface area contributed by atoms with Crippen molar-refractivity contribution in [2.45, 2.75) is 25.3 Å². The molecule has 76 valence electrons. The molecule has 14 heavy (non-hydrogen) atoms. The van der Waals surface area contributed by atoms with Crippen molar-refractivity contribution in [1.82, 2.24) is 0 Å². The lowest BCUT2D eigenvalue weighted by Crippen LogP contribution is -2.17. The van der Waals surface area contributed by atoms with E-state index in [-0.39, 0.29) is 11.9 Å². The molecule has 2 nitrogen and oxygen atoms in total. The number of nitrogens with two attached hydrogens (primary N) is 1. The first kappa shape index (κ1) is 9.46. The van der Waals surface area contributed by atoms with E-state index >= 15 is 0 Å². The molecule has 1 aromatic carbocycles. The van der Waals surface area contributed by atoms with Crippen LogP contribution in [0.25, 0.3) is 0 Å². The average Bonchev–Trinajstić information content (AvgIpc) is 2.19. The third-order valence-corrected chi connectivity index (χ3v) is 2.77. The number of aryl methyl sites for hydroxylation is 1. The highest BCUT2D eigenvalue weighted by Crippen LogP contribution is 2.32. The van der Waals surface area contributed by atoms with Crippen LogP contribution in [-0.2, 0) is 6.42 Å². The summed E-state index contributed by atoms with van der Waals surface area (Å²) in [6.07, 6.45) is 2.99. The standard InChI is InChI=1S/C11H14FNO/c1-14-11-5-7-3-2-4-10(13)8(7)6-9(11)12/h5-6,10H,2-4,13H2,1H3. The van der Waals surface area contributed by atoms with Crippen LogP contribution in [0.5, 0.6) is 5.75 Å². The minimum Gasteiger partial charge on any atom is -0.494 e. The Bertz CT molecular complexity index is 351. The SMILES string of the molecule is COc1cc2c(cc1F)C(N)CCC2. The summed E-state index contributed by atoms with van der Waals surface area (Å²) in [7, 11) is 1.48. The molecule has 1 aliphatic rings. The van der Waals surface area contributed by atoms with E-state index in [0.29, 0.717) is 5.75 Å². The van der Waals surface area contributed by atoms with Crippen molar-refractivity contribution in [1.29, 1.82) is 0 Å². The van der Waals surface area contributed by atoms with E-state index in [1.165, 1.54) is 13.2 Å². The number of halogens is 1. The molecule has 1 unspecified atom stereocenters. The summed E-state index contributed by atoms with van der Waals surface area (Å²) >= 11 is 0. The monoisotopic (exact) mass is 195 g/mol. The largest absolute Gasteiger partial charge is 0.494 e. The first-order valence-corrected chi connectivity index (χ1v) is 4.84. The molecule has 1 aliphatic carbocycles. The fourth-order valence-corrected chi connectivity index (χ4v) is 2.00. The van der Waals surface area contributed by atoms with Crippen LogP contribution in [0.1, 0.15) is 30.0 Å². The van der Waals surface area contributed by atoms with Crippen molar-refractivity contribution >= 4 is 0 Å². The zero-order valence-electron chi connectivity index (χ0n) is 8.22. The molecular formula is C11H14FNO. The lowest BCUT2D eigenvalue weighted by molar-refractivity contribution is 0.384. The number of hydrogen-bond acceptors (Lipinski definition) is 2. The summed E-state index contributed by atoms with van der Waals surface area (Å²) in [5, 5.41) is 0. The number of hydrogen-bond donors (Lipinski definition) is 1. The third kappa shape index (κ3) is 1.48. The van der Waals surface area contributed by atoms with Crippen LogP contribution in [-0.4, -0.2) is 7.11 Å². The lowest BCUT2D eigenvalue weighted by atomic mass is 9.88. The first-order valence-electron chi connectivity index (χ1n) is 4.84. The molecule has 0 heterocycles. The van der Waals surface area contributed by atoms with Gasteiger partial charge in [-0.3, -0.25) is 0 Å². The van der Waals surface area contributed by atoms with Gasteiger partial charge in [0.2, 0.25) is 0 Å². The van der Waals surface area contributed by atoms with Crippen LogP contribution >= 0.6 is 0 Å². The molecule has 0 aliphatic heterocycles. The maximum Gasteiger partial charge on any atom is 0.165 e. The van der Waals surface area contributed by atoms with Crippen molar-refractivity contribution in [3.05, 3.63) is 29.1 Å². The smallest absolute Gasteiger partial charge is 0.165 e. The Morgan fingerprint density at radius 3 is 3.00 bits per heavy atom. The molecule has 0 spiro atoms. The van der Waals surface area contributed by atoms with Gasteiger partial charge >= 0.3 is 0 Å². The van der Waals surface area contributed by atoms with E-state index in [0.717, 1.165) is 30.4 Å². The van der Waals surface area contributed by atoms with E-state index in [9.17, 15) is 4.39 Å². The highest BCUT2D eigenvalue weighted by Gasteiger charge is 2.19. The normalized spacial score (nSPS) is 20.4. The van der Waals surface area contributed by atoms with Gasteiger partial charge in [-0.1, -0.05) is 0 Å². The second-order valence-electron chi connectivity index (χ2n) is 3.68. The maximum atomic E-state index is 13.4. The molecular weight excluding hydrogens is 181 g/mol. The molecule has 0 aromatic heterocycles. The minimum atomic E-state index is -0.316. The Morgan fingerprint density at radius 2 is 2.29 bits per heavy atom. The number of methoxy groups -OCH3 is 1. The number of ether oxygens (including phenoxy) is 1. The molecule has 3 heteroatoms. The Hall–Kier alpha value is -1.09. The van der Waals surface area contributed by atoms with Crippen molar-refractivity contribution < 1.29 is 9.13 Å². The number of fused-ring (bicyclic) bond motifs is 1. The molecule has 0 amide bonds. The van der Waals surface area contributed by atoms with Gasteiger partial charge in [-0.15, -0.1) is 0 Å². The van der Waals surface area contributed by atoms with Crippen molar-refractivity contribution in [3.63, 3.8) is 0 Å². The van der Waals surface area contributed by atoms with E-state index in [1.807, 2.05) is 0 Å². The van der Waals surface area contributed by atoms with E-state index < -0.39 is 0 Å². The average molecular weight is 195 g/mol. The Kier molecular flexibility index (Phi) is 2.42. The second-order valence-corrected chi connectivity index (χ2v) is 3.68. The van der Waals surface area contributed by atoms with Gasteiger partial charge in [0.15, 0.2) is 11.6 Å². The molecule has 0 saturated heterocycles. The van der Waals surface area contributed by atoms with E-state index in [2.05, 4.69) is 0 Å². The zero-order valence-corrected chi connectivity index (χ0v) is 8.22. The van der Waals surface area contributed by atoms with Gasteiger partial charge in [-0.05, 0) is 42.5 Å². The topological polar surface area (TPSA) is 35.2 Å². The van der Waals surface area contributed by atoms with Gasteiger partial charge in [0.05, 0.1) is 7.11 Å². The van der Waals surface area contributed by atoms with Gasteiger partial charge in [-0.2, -0.15) is 0 Å². The minimum absolute atomic E-state index is 0.0147. The number of rotatable bonds is 1. The molecule has 0 radical (unpaired) electrons. The summed E-state index contributed by atoms with van der Waals surface area (Å²) in [5.74, 6) is 0.00134. The highest BCUT2D eigenvalue weighted by atomic mass is 19.1. The van der Waals surface area contributed by atoms with Crippen LogP contribution in [0.3, 0.4) is 0 Å². The Morgan fingerprint density at radius 1 is 1.50 bits per heavy atom. The van der Waals surface area contributed by atoms with Crippen LogP contribution in [0.4, 0.5) is 4.39 Å². The predicted octanol–water partition coefficient (Wildman–Crippen LogP) is 2.17. The van der Waals surface area contributed by atoms with Crippen LogP contribution in [0.2, 0.25) is 0 Å². The van der Waals surface area contributed by atoms with Crippen molar-refractivity contribution in [2.24, 2.45) is 5.73 Å². The Labute approximate surface area is 82.9 Å². The van der Waals surface area contributed by atoms with Crippen molar-refractivity contribution in [2.75, 3.05) is 7.11 Å². The second kappa shape index (κ2) is 3.58. The molecule has 0 saturated carbocycles. The maximum absolute atomic E-state index is 13.4. The van der Waals surface area contributed by atoms with Gasteiger partial charge < -0.3 is 10.5 Å². The molecule has 2 N–H and O–H groups in total. The quantitative estimate of drug-likeness (QED) is 0.745. The molecule has 1 aromatic rings. The summed E-state index contributed by atoms with van der Waals surface area (Å²) in [4.78, 5) is 0. The third-order valence-electron chi connectivity index (χ3n) is 2.77. The van der Waals surface area contributed by atoms with Crippen LogP contribution in [0, 0.1) is 5.82 Å². The highest BCUT2D eigenvalue weighted by molar-refractivity contribution is 5.40. The molecule has 0 fully saturated rings. The summed E-state index contributed by atoms with van der Waals surface area (Å²) in [5.41, 5.74) is 7.97. The van der Waals surface area contributed by atoms with Gasteiger partial charge in [-0.25, -0.2) is 4.39 Å². The fraction of sp³-hybridized carbons (Fsp3) is 0.455. The zero-order chi connectivity index (χ0) is 10.1. The molecule has 2 rings (SSSR count). The van der Waals surface area contributed by atoms with Crippen molar-refractivity contribution in [3.8, 4) is 5.75 Å². The summed E-state index contributed by atoms with van der Waals surface area (Å²) in [6, 6.07) is 3.26. The predicted molar refractivity (Wildman–Crippen MR) is 52.8 cm³/mol. The Balaban J connectivity index is 2.48.